The highest BCUT2D eigenvalue weighted by Crippen LogP contribution is 2.61. The van der Waals surface area contributed by atoms with Crippen molar-refractivity contribution in [3.8, 4) is 5.75 Å². The average Bonchev–Trinajstić information content (AvgIpc) is 2.98. The second kappa shape index (κ2) is 11.6. The van der Waals surface area contributed by atoms with E-state index in [4.69, 9.17) is 14.7 Å². The number of aromatic nitrogens is 2. The molecule has 1 unspecified atom stereocenters. The molecule has 4 fully saturated rings. The van der Waals surface area contributed by atoms with Gasteiger partial charge in [0.05, 0.1) is 23.7 Å². The molecule has 3 aromatic rings. The molecule has 0 amide bonds. The lowest BCUT2D eigenvalue weighted by atomic mass is 9.45. The van der Waals surface area contributed by atoms with Crippen molar-refractivity contribution in [3.05, 3.63) is 64.0 Å². The van der Waals surface area contributed by atoms with E-state index in [1.54, 1.807) is 23.7 Å². The maximum Gasteiger partial charge on any atom is 0.261 e. The Morgan fingerprint density at radius 3 is 2.70 bits per heavy atom. The zero-order chi connectivity index (χ0) is 30.5. The molecule has 5 atom stereocenters. The van der Waals surface area contributed by atoms with Crippen LogP contribution in [0.4, 0.5) is 10.1 Å². The third-order valence-electron chi connectivity index (χ3n) is 10.6. The van der Waals surface area contributed by atoms with E-state index in [0.717, 1.165) is 43.1 Å². The van der Waals surface area contributed by atoms with Crippen molar-refractivity contribution in [1.29, 1.82) is 0 Å². The van der Waals surface area contributed by atoms with Crippen molar-refractivity contribution in [2.45, 2.75) is 65.5 Å². The molecule has 9 heteroatoms. The summed E-state index contributed by atoms with van der Waals surface area (Å²) in [7, 11) is 3.25. The molecule has 1 saturated heterocycles. The van der Waals surface area contributed by atoms with Gasteiger partial charge >= 0.3 is 0 Å². The van der Waals surface area contributed by atoms with Gasteiger partial charge in [-0.1, -0.05) is 26.8 Å². The number of methoxy groups -OCH3 is 1. The van der Waals surface area contributed by atoms with Gasteiger partial charge < -0.3 is 20.3 Å². The quantitative estimate of drug-likeness (QED) is 0.318. The van der Waals surface area contributed by atoms with Gasteiger partial charge in [-0.25, -0.2) is 14.4 Å². The van der Waals surface area contributed by atoms with Gasteiger partial charge in [0.2, 0.25) is 0 Å². The van der Waals surface area contributed by atoms with Crippen molar-refractivity contribution in [2.75, 3.05) is 26.7 Å². The van der Waals surface area contributed by atoms with Crippen molar-refractivity contribution >= 4 is 22.5 Å². The maximum absolute atomic E-state index is 14.6. The van der Waals surface area contributed by atoms with Crippen molar-refractivity contribution < 1.29 is 9.13 Å². The number of guanidine groups is 1. The van der Waals surface area contributed by atoms with Crippen molar-refractivity contribution in [2.24, 2.45) is 35.2 Å². The van der Waals surface area contributed by atoms with Gasteiger partial charge in [0.25, 0.3) is 5.56 Å². The predicted molar refractivity (Wildman–Crippen MR) is 170 cm³/mol. The highest BCUT2D eigenvalue weighted by molar-refractivity contribution is 5.86. The molecule has 2 aromatic carbocycles. The summed E-state index contributed by atoms with van der Waals surface area (Å²) >= 11 is 0. The van der Waals surface area contributed by atoms with Crippen molar-refractivity contribution in [3.63, 3.8) is 0 Å². The lowest BCUT2D eigenvalue weighted by Crippen LogP contribution is -2.63. The predicted octanol–water partition coefficient (Wildman–Crippen LogP) is 4.81. The molecule has 2 N–H and O–H groups in total. The summed E-state index contributed by atoms with van der Waals surface area (Å²) in [5.41, 5.74) is 2.25. The monoisotopic (exact) mass is 588 g/mol. The number of piperazine rings is 1. The molecular weight excluding hydrogens is 543 g/mol. The summed E-state index contributed by atoms with van der Waals surface area (Å²) < 4.78 is 21.3. The summed E-state index contributed by atoms with van der Waals surface area (Å²) in [6.45, 7) is 12.1. The van der Waals surface area contributed by atoms with Crippen LogP contribution in [0.3, 0.4) is 0 Å². The normalized spacial score (nSPS) is 26.7. The molecule has 1 aromatic heterocycles. The number of hydrogen-bond acceptors (Lipinski definition) is 5. The van der Waals surface area contributed by atoms with Crippen molar-refractivity contribution in [1.82, 2.24) is 25.1 Å². The molecule has 43 heavy (non-hydrogen) atoms. The van der Waals surface area contributed by atoms with Crippen LogP contribution in [0.25, 0.3) is 10.9 Å². The first-order chi connectivity index (χ1) is 20.5. The zero-order valence-electron chi connectivity index (χ0n) is 26.3. The molecule has 0 radical (unpaired) electrons. The number of hydrogen-bond donors (Lipinski definition) is 2. The summed E-state index contributed by atoms with van der Waals surface area (Å²) in [6.07, 6.45) is 3.36. The second-order valence-electron chi connectivity index (χ2n) is 13.5. The molecule has 0 spiro atoms. The highest BCUT2D eigenvalue weighted by Gasteiger charge is 2.56. The molecule has 1 aliphatic heterocycles. The maximum atomic E-state index is 14.6. The number of rotatable bonds is 6. The fourth-order valence-corrected chi connectivity index (χ4v) is 7.65. The van der Waals surface area contributed by atoms with E-state index in [-0.39, 0.29) is 11.4 Å². The van der Waals surface area contributed by atoms with E-state index in [2.05, 4.69) is 43.2 Å². The highest BCUT2D eigenvalue weighted by atomic mass is 19.1. The van der Waals surface area contributed by atoms with Crippen LogP contribution in [0.5, 0.6) is 5.75 Å². The number of fused-ring (bicyclic) bond motifs is 3. The van der Waals surface area contributed by atoms with Crippen LogP contribution in [0.15, 0.2) is 46.2 Å². The summed E-state index contributed by atoms with van der Waals surface area (Å²) in [6, 6.07) is 11.3. The van der Waals surface area contributed by atoms with Crippen LogP contribution in [0.1, 0.15) is 51.9 Å². The van der Waals surface area contributed by atoms with Gasteiger partial charge in [-0.15, -0.1) is 0 Å². The molecule has 3 saturated carbocycles. The second-order valence-corrected chi connectivity index (χ2v) is 13.5. The van der Waals surface area contributed by atoms with Crippen LogP contribution in [-0.4, -0.2) is 59.2 Å². The Kier molecular flexibility index (Phi) is 7.96. The minimum atomic E-state index is -0.322. The van der Waals surface area contributed by atoms with Gasteiger partial charge in [0.1, 0.15) is 17.4 Å². The molecule has 4 aliphatic rings. The Labute approximate surface area is 253 Å². The Bertz CT molecular complexity index is 1600. The van der Waals surface area contributed by atoms with Crippen LogP contribution >= 0.6 is 0 Å². The van der Waals surface area contributed by atoms with E-state index < -0.39 is 0 Å². The van der Waals surface area contributed by atoms with E-state index in [9.17, 15) is 9.18 Å². The number of nitrogens with one attached hydrogen (secondary N) is 2. The number of aryl methyl sites for hydroxylation is 2. The summed E-state index contributed by atoms with van der Waals surface area (Å²) in [5, 5.41) is 7.98. The van der Waals surface area contributed by atoms with Crippen LogP contribution in [-0.2, 0) is 19.9 Å². The minimum Gasteiger partial charge on any atom is -0.497 e. The summed E-state index contributed by atoms with van der Waals surface area (Å²) in [5.74, 6) is 3.73. The third kappa shape index (κ3) is 5.64. The van der Waals surface area contributed by atoms with Crippen LogP contribution < -0.4 is 20.9 Å². The topological polar surface area (TPSA) is 83.8 Å². The minimum absolute atomic E-state index is 0.113. The van der Waals surface area contributed by atoms with Gasteiger partial charge in [-0.05, 0) is 79.2 Å². The number of ether oxygens (including phenoxy) is 1. The number of nitrogens with zero attached hydrogens (tertiary/aromatic N) is 4. The summed E-state index contributed by atoms with van der Waals surface area (Å²) in [4.78, 5) is 25.7. The lowest BCUT2D eigenvalue weighted by molar-refractivity contribution is -0.112. The van der Waals surface area contributed by atoms with Gasteiger partial charge in [-0.3, -0.25) is 9.36 Å². The Hall–Kier alpha value is -3.46. The molecular formula is C34H45FN6O2. The molecule has 8 nitrogen and oxygen atoms in total. The van der Waals surface area contributed by atoms with Gasteiger partial charge in [0.15, 0.2) is 5.96 Å². The Morgan fingerprint density at radius 1 is 1.19 bits per heavy atom. The molecule has 2 bridgehead atoms. The molecule has 2 heterocycles. The lowest BCUT2D eigenvalue weighted by Gasteiger charge is -2.62. The van der Waals surface area contributed by atoms with Crippen LogP contribution in [0.2, 0.25) is 0 Å². The first-order valence-electron chi connectivity index (χ1n) is 15.7. The standard InChI is InChI=1S/C34H45FN6O2/c1-20-19-41(14-13-36-20)33(39-29-16-23-15-27(21(29)2)34(23,3)4)37-24-9-11-26-30(17-24)38-31(40(5)32(26)42)12-8-22-7-10-25(43-6)18-28(22)35/h7,9-11,17-18,20-21,23,27,29,36H,8,12-16,19H2,1-6H3,(H,37,39)/t20-,21+,23-,27-,29?/m0/s1. The first kappa shape index (κ1) is 29.6. The fraction of sp³-hybridized carbons (Fsp3) is 0.559. The SMILES string of the molecule is COc1ccc(CCc2nc3cc(N=C(NC4C[C@@H]5C[C@@H]([C@H]4C)C5(C)C)N4CCN[C@@H](C)C4)ccc3c(=O)n2C)c(F)c1. The number of halogens is 1. The fourth-order valence-electron chi connectivity index (χ4n) is 7.65. The Balaban J connectivity index is 1.29. The van der Waals surface area contributed by atoms with Crippen LogP contribution in [0, 0.1) is 29.0 Å². The van der Waals surface area contributed by atoms with E-state index in [1.165, 1.54) is 26.0 Å². The van der Waals surface area contributed by atoms with E-state index >= 15 is 0 Å². The molecule has 230 valence electrons. The number of aliphatic imine (C=N–C) groups is 1. The molecule has 7 rings (SSSR count). The Morgan fingerprint density at radius 2 is 2.00 bits per heavy atom. The van der Waals surface area contributed by atoms with Gasteiger partial charge in [0, 0.05) is 51.3 Å². The van der Waals surface area contributed by atoms with Gasteiger partial charge in [-0.2, -0.15) is 0 Å². The largest absolute Gasteiger partial charge is 0.497 e. The average molecular weight is 589 g/mol. The molecule has 3 aliphatic carbocycles. The third-order valence-corrected chi connectivity index (χ3v) is 10.6. The first-order valence-corrected chi connectivity index (χ1v) is 15.7. The zero-order valence-corrected chi connectivity index (χ0v) is 26.3. The van der Waals surface area contributed by atoms with E-state index in [1.807, 2.05) is 18.2 Å². The van der Waals surface area contributed by atoms with E-state index in [0.29, 0.717) is 64.3 Å². The smallest absolute Gasteiger partial charge is 0.261 e. The number of benzene rings is 2.